The van der Waals surface area contributed by atoms with Crippen molar-refractivity contribution in [3.8, 4) is 11.1 Å². The second-order valence-corrected chi connectivity index (χ2v) is 10.5. The van der Waals surface area contributed by atoms with Crippen LogP contribution in [0.3, 0.4) is 0 Å². The Morgan fingerprint density at radius 1 is 1.08 bits per heavy atom. The van der Waals surface area contributed by atoms with Crippen LogP contribution in [-0.2, 0) is 9.59 Å². The van der Waals surface area contributed by atoms with Crippen molar-refractivity contribution in [1.29, 1.82) is 0 Å². The molecule has 5 rings (SSSR count). The van der Waals surface area contributed by atoms with E-state index in [1.807, 2.05) is 31.2 Å². The molecule has 7 nitrogen and oxygen atoms in total. The van der Waals surface area contributed by atoms with Crippen LogP contribution in [0, 0.1) is 12.8 Å². The molecule has 1 saturated carbocycles. The van der Waals surface area contributed by atoms with E-state index in [9.17, 15) is 9.59 Å². The number of piperidine rings is 1. The molecule has 1 aliphatic heterocycles. The van der Waals surface area contributed by atoms with Gasteiger partial charge in [0.05, 0.1) is 0 Å². The van der Waals surface area contributed by atoms with Gasteiger partial charge < -0.3 is 16.0 Å². The summed E-state index contributed by atoms with van der Waals surface area (Å²) in [6.45, 7) is 6.38. The van der Waals surface area contributed by atoms with E-state index in [1.54, 1.807) is 6.20 Å². The third-order valence-corrected chi connectivity index (χ3v) is 7.70. The summed E-state index contributed by atoms with van der Waals surface area (Å²) in [5.41, 5.74) is 12.6. The minimum atomic E-state index is -0.143. The summed E-state index contributed by atoms with van der Waals surface area (Å²) in [7, 11) is 0. The molecule has 3 aromatic rings. The Kier molecular flexibility index (Phi) is 7.27. The highest BCUT2D eigenvalue weighted by Crippen LogP contribution is 2.41. The number of pyridine rings is 1. The van der Waals surface area contributed by atoms with Gasteiger partial charge in [-0.1, -0.05) is 36.4 Å². The summed E-state index contributed by atoms with van der Waals surface area (Å²) in [6.07, 6.45) is 5.52. The lowest BCUT2D eigenvalue weighted by Gasteiger charge is -2.38. The number of amidine groups is 1. The van der Waals surface area contributed by atoms with E-state index >= 15 is 0 Å². The Morgan fingerprint density at radius 2 is 1.87 bits per heavy atom. The fourth-order valence-electron chi connectivity index (χ4n) is 5.52. The van der Waals surface area contributed by atoms with Gasteiger partial charge in [-0.15, -0.1) is 0 Å². The molecule has 2 fully saturated rings. The fourth-order valence-corrected chi connectivity index (χ4v) is 5.52. The molecule has 2 aliphatic rings. The highest BCUT2D eigenvalue weighted by molar-refractivity contribution is 6.05. The molecule has 2 aromatic carbocycles. The number of amides is 2. The molecule has 196 valence electrons. The summed E-state index contributed by atoms with van der Waals surface area (Å²) >= 11 is 0. The molecule has 0 spiro atoms. The number of nitrogens with zero attached hydrogens (tertiary/aromatic N) is 3. The molecule has 2 heterocycles. The first-order valence-corrected chi connectivity index (χ1v) is 13.4. The van der Waals surface area contributed by atoms with E-state index in [-0.39, 0.29) is 23.8 Å². The topological polar surface area (TPSA) is 101 Å². The van der Waals surface area contributed by atoms with Crippen LogP contribution in [-0.4, -0.2) is 35.2 Å². The number of nitrogens with one attached hydrogen (secondary N) is 1. The second-order valence-electron chi connectivity index (χ2n) is 10.5. The van der Waals surface area contributed by atoms with Crippen molar-refractivity contribution in [1.82, 2.24) is 4.98 Å². The molecule has 2 amide bonds. The quantitative estimate of drug-likeness (QED) is 0.341. The van der Waals surface area contributed by atoms with E-state index < -0.39 is 0 Å². The zero-order valence-electron chi connectivity index (χ0n) is 22.3. The van der Waals surface area contributed by atoms with Gasteiger partial charge in [-0.05, 0) is 85.9 Å². The van der Waals surface area contributed by atoms with Gasteiger partial charge in [-0.2, -0.15) is 4.99 Å². The molecule has 1 saturated heterocycles. The fraction of sp³-hybridized carbons (Fsp3) is 0.355. The van der Waals surface area contributed by atoms with Crippen molar-refractivity contribution in [3.63, 3.8) is 0 Å². The van der Waals surface area contributed by atoms with Crippen molar-refractivity contribution in [2.24, 2.45) is 16.6 Å². The maximum Gasteiger partial charge on any atom is 0.250 e. The van der Waals surface area contributed by atoms with Crippen molar-refractivity contribution in [2.45, 2.75) is 58.4 Å². The number of hydrogen-bond acceptors (Lipinski definition) is 4. The Labute approximate surface area is 224 Å². The van der Waals surface area contributed by atoms with Gasteiger partial charge in [0, 0.05) is 42.9 Å². The third kappa shape index (κ3) is 5.47. The molecular formula is C31H35N5O2. The molecule has 2 atom stereocenters. The zero-order valence-corrected chi connectivity index (χ0v) is 22.3. The third-order valence-electron chi connectivity index (χ3n) is 7.70. The van der Waals surface area contributed by atoms with Crippen molar-refractivity contribution < 1.29 is 9.59 Å². The van der Waals surface area contributed by atoms with Crippen LogP contribution < -0.4 is 16.0 Å². The van der Waals surface area contributed by atoms with Gasteiger partial charge in [-0.3, -0.25) is 9.59 Å². The van der Waals surface area contributed by atoms with Gasteiger partial charge in [0.2, 0.25) is 5.91 Å². The number of aliphatic imine (C=N–C) groups is 1. The Balaban J connectivity index is 1.30. The lowest BCUT2D eigenvalue weighted by atomic mass is 9.90. The molecule has 38 heavy (non-hydrogen) atoms. The lowest BCUT2D eigenvalue weighted by molar-refractivity contribution is -0.122. The molecule has 0 bridgehead atoms. The number of carbonyl (C=O) groups excluding carboxylic acids is 2. The normalized spacial score (nSPS) is 19.8. The molecule has 1 aromatic heterocycles. The van der Waals surface area contributed by atoms with Crippen LogP contribution in [0.1, 0.15) is 62.1 Å². The minimum Gasteiger partial charge on any atom is -0.383 e. The van der Waals surface area contributed by atoms with Crippen molar-refractivity contribution in [2.75, 3.05) is 16.8 Å². The Morgan fingerprint density at radius 3 is 2.61 bits per heavy atom. The summed E-state index contributed by atoms with van der Waals surface area (Å²) in [6, 6.07) is 18.6. The highest BCUT2D eigenvalue weighted by Gasteiger charge is 2.31. The van der Waals surface area contributed by atoms with Crippen LogP contribution in [0.4, 0.5) is 11.5 Å². The van der Waals surface area contributed by atoms with E-state index in [0.717, 1.165) is 47.3 Å². The van der Waals surface area contributed by atoms with Gasteiger partial charge >= 0.3 is 0 Å². The molecule has 3 N–H and O–H groups in total. The van der Waals surface area contributed by atoms with Crippen LogP contribution in [0.25, 0.3) is 11.1 Å². The first-order chi connectivity index (χ1) is 18.3. The van der Waals surface area contributed by atoms with Gasteiger partial charge in [-0.25, -0.2) is 4.98 Å². The first-order valence-electron chi connectivity index (χ1n) is 13.4. The number of rotatable bonds is 6. The van der Waals surface area contributed by atoms with Gasteiger partial charge in [0.1, 0.15) is 11.7 Å². The van der Waals surface area contributed by atoms with Crippen LogP contribution in [0.5, 0.6) is 0 Å². The van der Waals surface area contributed by atoms with Gasteiger partial charge in [0.25, 0.3) is 5.91 Å². The van der Waals surface area contributed by atoms with Crippen LogP contribution in [0.15, 0.2) is 65.8 Å². The molecule has 2 unspecified atom stereocenters. The maximum absolute atomic E-state index is 13.1. The number of hydrogen-bond donors (Lipinski definition) is 2. The Hall–Kier alpha value is -4.00. The van der Waals surface area contributed by atoms with E-state index in [2.05, 4.69) is 57.4 Å². The number of anilines is 2. The average Bonchev–Trinajstić information content (AvgIpc) is 3.75. The standard InChI is InChI=1S/C31H35N5O2/c1-19-17-24(31(38)35-29(32)28-10-5-4-9-27(28)22-11-12-22)14-16-36(19)25-8-6-7-23(18-25)26-13-15-33-30(20(26)2)34-21(3)37/h4-10,13,15,18-19,22,24H,11-12,14,16-17H2,1-3H3,(H2,32,35,38)(H,33,34,37). The number of aromatic nitrogens is 1. The largest absolute Gasteiger partial charge is 0.383 e. The van der Waals surface area contributed by atoms with Crippen molar-refractivity contribution in [3.05, 3.63) is 77.5 Å². The predicted octanol–water partition coefficient (Wildman–Crippen LogP) is 5.43. The van der Waals surface area contributed by atoms with Gasteiger partial charge in [0.15, 0.2) is 0 Å². The maximum atomic E-state index is 13.1. The first kappa shape index (κ1) is 25.6. The molecule has 1 aliphatic carbocycles. The monoisotopic (exact) mass is 509 g/mol. The molecule has 0 radical (unpaired) electrons. The summed E-state index contributed by atoms with van der Waals surface area (Å²) in [5, 5.41) is 2.81. The van der Waals surface area contributed by atoms with Crippen LogP contribution in [0.2, 0.25) is 0 Å². The van der Waals surface area contributed by atoms with E-state index in [4.69, 9.17) is 5.73 Å². The zero-order chi connectivity index (χ0) is 26.8. The van der Waals surface area contributed by atoms with E-state index in [0.29, 0.717) is 17.6 Å². The summed E-state index contributed by atoms with van der Waals surface area (Å²) in [5.74, 6) is 1.06. The smallest absolute Gasteiger partial charge is 0.250 e. The van der Waals surface area contributed by atoms with E-state index in [1.165, 1.54) is 25.3 Å². The van der Waals surface area contributed by atoms with Crippen molar-refractivity contribution >= 4 is 29.2 Å². The molecular weight excluding hydrogens is 474 g/mol. The highest BCUT2D eigenvalue weighted by atomic mass is 16.2. The minimum absolute atomic E-state index is 0.119. The number of benzene rings is 2. The summed E-state index contributed by atoms with van der Waals surface area (Å²) < 4.78 is 0. The second kappa shape index (κ2) is 10.8. The number of carbonyl (C=O) groups is 2. The average molecular weight is 510 g/mol. The number of nitrogens with two attached hydrogens (primary N) is 1. The summed E-state index contributed by atoms with van der Waals surface area (Å²) in [4.78, 5) is 35.7. The molecule has 7 heteroatoms. The SMILES string of the molecule is CC(=O)Nc1nccc(-c2cccc(N3CCC(C(=O)N=C(N)c4ccccc4C4CC4)CC3C)c2)c1C. The van der Waals surface area contributed by atoms with Crippen LogP contribution >= 0.6 is 0 Å². The Bertz CT molecular complexity index is 1390. The predicted molar refractivity (Wildman–Crippen MR) is 152 cm³/mol. The lowest BCUT2D eigenvalue weighted by Crippen LogP contribution is -2.42.